The first kappa shape index (κ1) is 26.1. The third-order valence-corrected chi connectivity index (χ3v) is 6.76. The topological polar surface area (TPSA) is 112 Å². The van der Waals surface area contributed by atoms with Crippen LogP contribution in [0.15, 0.2) is 0 Å². The zero-order chi connectivity index (χ0) is 20.7. The summed E-state index contributed by atoms with van der Waals surface area (Å²) in [6.07, 6.45) is 3.52. The maximum Gasteiger partial charge on any atom is 0.318 e. The highest BCUT2D eigenvalue weighted by atomic mass is 31.1. The maximum absolute atomic E-state index is 11.9. The summed E-state index contributed by atoms with van der Waals surface area (Å²) in [4.78, 5) is 23.3. The van der Waals surface area contributed by atoms with Crippen molar-refractivity contribution in [1.29, 1.82) is 0 Å². The van der Waals surface area contributed by atoms with E-state index in [1.807, 2.05) is 6.92 Å². The molecule has 0 fully saturated rings. The van der Waals surface area contributed by atoms with Gasteiger partial charge in [0, 0.05) is 38.9 Å². The number of ether oxygens (including phenoxy) is 1. The number of rotatable bonds is 18. The van der Waals surface area contributed by atoms with E-state index in [2.05, 4.69) is 0 Å². The highest BCUT2D eigenvalue weighted by Crippen LogP contribution is 2.31. The Kier molecular flexibility index (Phi) is 15.6. The number of carbonyl (C=O) groups is 2. The van der Waals surface area contributed by atoms with Crippen molar-refractivity contribution in [2.24, 2.45) is 0 Å². The van der Waals surface area contributed by atoms with Crippen molar-refractivity contribution in [1.82, 2.24) is 0 Å². The first-order chi connectivity index (χ1) is 12.8. The van der Waals surface area contributed by atoms with E-state index >= 15 is 0 Å². The Morgan fingerprint density at radius 1 is 0.741 bits per heavy atom. The van der Waals surface area contributed by atoms with Gasteiger partial charge in [-0.2, -0.15) is 0 Å². The number of ketones is 2. The van der Waals surface area contributed by atoms with Gasteiger partial charge in [-0.15, -0.1) is 0 Å². The second-order valence-corrected chi connectivity index (χ2v) is 9.22. The van der Waals surface area contributed by atoms with Gasteiger partial charge in [0.2, 0.25) is 0 Å². The molecule has 2 unspecified atom stereocenters. The summed E-state index contributed by atoms with van der Waals surface area (Å²) >= 11 is 0. The van der Waals surface area contributed by atoms with Gasteiger partial charge in [-0.25, -0.2) is 18.3 Å². The fraction of sp³-hybridized carbons (Fsp3) is 0.889. The van der Waals surface area contributed by atoms with Crippen LogP contribution in [-0.4, -0.2) is 36.1 Å². The van der Waals surface area contributed by atoms with E-state index in [0.29, 0.717) is 26.1 Å². The Morgan fingerprint density at radius 2 is 1.26 bits per heavy atom. The highest BCUT2D eigenvalue weighted by molar-refractivity contribution is 7.32. The number of Topliss-reactive ketones (excluding diaryl/α,β-unsaturated/α-hetero) is 2. The minimum atomic E-state index is -2.73. The number of hydrogen-bond donors (Lipinski definition) is 0. The molecule has 156 valence electrons. The van der Waals surface area contributed by atoms with Crippen LogP contribution >= 0.6 is 15.4 Å². The van der Waals surface area contributed by atoms with E-state index in [1.165, 1.54) is 0 Å². The molecule has 0 saturated carbocycles. The van der Waals surface area contributed by atoms with Crippen molar-refractivity contribution in [3.63, 3.8) is 0 Å². The van der Waals surface area contributed by atoms with Crippen LogP contribution in [0.4, 0.5) is 0 Å². The van der Waals surface area contributed by atoms with Gasteiger partial charge >= 0.3 is 15.4 Å². The van der Waals surface area contributed by atoms with Gasteiger partial charge in [-0.1, -0.05) is 6.92 Å². The first-order valence-corrected chi connectivity index (χ1v) is 12.2. The average Bonchev–Trinajstić information content (AvgIpc) is 2.62. The predicted octanol–water partition coefficient (Wildman–Crippen LogP) is 5.17. The quantitative estimate of drug-likeness (QED) is 0.221. The molecule has 0 saturated heterocycles. The van der Waals surface area contributed by atoms with Gasteiger partial charge in [0.25, 0.3) is 0 Å². The lowest BCUT2D eigenvalue weighted by molar-refractivity contribution is -0.120. The molecule has 0 aliphatic rings. The van der Waals surface area contributed by atoms with Crippen LogP contribution in [-0.2, 0) is 32.6 Å². The summed E-state index contributed by atoms with van der Waals surface area (Å²) < 4.78 is 50.8. The van der Waals surface area contributed by atoms with Gasteiger partial charge in [0.05, 0.1) is 11.3 Å². The fourth-order valence-corrected chi connectivity index (χ4v) is 4.12. The van der Waals surface area contributed by atoms with Crippen molar-refractivity contribution in [3.8, 4) is 0 Å². The third kappa shape index (κ3) is 13.8. The SMILES string of the molecule is CCOCCCCC(=O)CCC(CCC(CCC(=O)CC)P(=O)=O)P(=O)=O. The zero-order valence-corrected chi connectivity index (χ0v) is 18.2. The molecule has 0 radical (unpaired) electrons. The summed E-state index contributed by atoms with van der Waals surface area (Å²) in [5, 5.41) is 0. The van der Waals surface area contributed by atoms with Gasteiger partial charge in [0.1, 0.15) is 11.6 Å². The Balaban J connectivity index is 4.34. The molecule has 2 atom stereocenters. The molecule has 0 aliphatic heterocycles. The smallest absolute Gasteiger partial charge is 0.318 e. The zero-order valence-electron chi connectivity index (χ0n) is 16.4. The van der Waals surface area contributed by atoms with E-state index in [1.54, 1.807) is 6.92 Å². The van der Waals surface area contributed by atoms with Crippen molar-refractivity contribution >= 4 is 26.9 Å². The molecule has 0 aromatic carbocycles. The van der Waals surface area contributed by atoms with Crippen LogP contribution in [0.3, 0.4) is 0 Å². The summed E-state index contributed by atoms with van der Waals surface area (Å²) in [5.41, 5.74) is -1.39. The van der Waals surface area contributed by atoms with Gasteiger partial charge < -0.3 is 4.74 Å². The predicted molar refractivity (Wildman–Crippen MR) is 103 cm³/mol. The minimum Gasteiger partial charge on any atom is -0.382 e. The van der Waals surface area contributed by atoms with E-state index in [0.717, 1.165) is 12.8 Å². The second-order valence-electron chi connectivity index (χ2n) is 6.62. The molecule has 0 aromatic heterocycles. The largest absolute Gasteiger partial charge is 0.382 e. The molecule has 27 heavy (non-hydrogen) atoms. The Hall–Kier alpha value is -0.900. The van der Waals surface area contributed by atoms with Gasteiger partial charge in [-0.3, -0.25) is 9.59 Å². The molecule has 9 heteroatoms. The molecule has 0 N–H and O–H groups in total. The summed E-state index contributed by atoms with van der Waals surface area (Å²) in [6, 6.07) is 0. The Morgan fingerprint density at radius 3 is 1.70 bits per heavy atom. The maximum atomic E-state index is 11.9. The van der Waals surface area contributed by atoms with Crippen LogP contribution in [0.1, 0.15) is 78.1 Å². The Labute approximate surface area is 162 Å². The molecule has 0 bridgehead atoms. The van der Waals surface area contributed by atoms with Crippen LogP contribution in [0, 0.1) is 0 Å². The highest BCUT2D eigenvalue weighted by Gasteiger charge is 2.22. The Bertz CT molecular complexity index is 566. The molecule has 0 amide bonds. The molecule has 0 heterocycles. The van der Waals surface area contributed by atoms with Gasteiger partial charge in [0.15, 0.2) is 0 Å². The lowest BCUT2D eigenvalue weighted by Crippen LogP contribution is -2.11. The van der Waals surface area contributed by atoms with Crippen molar-refractivity contribution < 1.29 is 32.6 Å². The van der Waals surface area contributed by atoms with Gasteiger partial charge in [-0.05, 0) is 45.4 Å². The number of carbonyl (C=O) groups excluding carboxylic acids is 2. The summed E-state index contributed by atoms with van der Waals surface area (Å²) in [5.74, 6) is 0.0200. The molecule has 7 nitrogen and oxygen atoms in total. The number of unbranched alkanes of at least 4 members (excludes halogenated alkanes) is 1. The van der Waals surface area contributed by atoms with Crippen LogP contribution in [0.2, 0.25) is 0 Å². The van der Waals surface area contributed by atoms with E-state index in [4.69, 9.17) is 4.74 Å². The normalized spacial score (nSPS) is 13.1. The molecule has 0 aliphatic carbocycles. The monoisotopic (exact) mass is 422 g/mol. The summed E-state index contributed by atoms with van der Waals surface area (Å²) in [6.45, 7) is 4.90. The van der Waals surface area contributed by atoms with Crippen molar-refractivity contribution in [2.75, 3.05) is 13.2 Å². The lowest BCUT2D eigenvalue weighted by atomic mass is 10.0. The van der Waals surface area contributed by atoms with E-state index in [9.17, 15) is 27.8 Å². The molecule has 0 spiro atoms. The molecule has 0 aromatic rings. The summed E-state index contributed by atoms with van der Waals surface area (Å²) in [7, 11) is -5.44. The van der Waals surface area contributed by atoms with E-state index < -0.39 is 26.7 Å². The molecular weight excluding hydrogens is 390 g/mol. The third-order valence-electron chi connectivity index (χ3n) is 4.53. The first-order valence-electron chi connectivity index (χ1n) is 9.69. The number of hydrogen-bond acceptors (Lipinski definition) is 7. The minimum absolute atomic E-state index is 0.00163. The lowest BCUT2D eigenvalue weighted by Gasteiger charge is -2.12. The molecule has 0 rings (SSSR count). The van der Waals surface area contributed by atoms with Crippen molar-refractivity contribution in [3.05, 3.63) is 0 Å². The average molecular weight is 422 g/mol. The second kappa shape index (κ2) is 16.1. The van der Waals surface area contributed by atoms with Crippen LogP contribution in [0.25, 0.3) is 0 Å². The van der Waals surface area contributed by atoms with Crippen LogP contribution in [0.5, 0.6) is 0 Å². The fourth-order valence-electron chi connectivity index (χ4n) is 2.72. The molecular formula is C18H32O7P2. The van der Waals surface area contributed by atoms with Crippen LogP contribution < -0.4 is 0 Å². The standard InChI is InChI=1S/C18H32O7P2/c1-3-15(19)8-10-17(26(21)22)12-13-18(27(23)24)11-9-16(20)7-5-6-14-25-4-2/h17-18H,3-14H2,1-2H3. The van der Waals surface area contributed by atoms with Crippen molar-refractivity contribution in [2.45, 2.75) is 89.4 Å². The van der Waals surface area contributed by atoms with E-state index in [-0.39, 0.29) is 50.1 Å².